The minimum absolute atomic E-state index is 0.0276. The smallest absolute Gasteiger partial charge is 0.211 e. The van der Waals surface area contributed by atoms with Crippen LogP contribution in [-0.2, 0) is 0 Å². The Morgan fingerprint density at radius 3 is 1.92 bits per heavy atom. The fraction of sp³-hybridized carbons (Fsp3) is 0.211. The topological polar surface area (TPSA) is 74.2 Å². The van der Waals surface area contributed by atoms with E-state index in [0.29, 0.717) is 0 Å². The number of methoxy groups -OCH3 is 4. The van der Waals surface area contributed by atoms with Crippen molar-refractivity contribution in [3.63, 3.8) is 0 Å². The predicted molar refractivity (Wildman–Crippen MR) is 94.1 cm³/mol. The summed E-state index contributed by atoms with van der Waals surface area (Å²) in [4.78, 5) is 12.7. The van der Waals surface area contributed by atoms with Gasteiger partial charge in [0.1, 0.15) is 5.56 Å². The number of carbonyl (C=O) groups excluding carboxylic acids is 1. The predicted octanol–water partition coefficient (Wildman–Crippen LogP) is 3.32. The molecule has 0 unspecified atom stereocenters. The van der Waals surface area contributed by atoms with E-state index in [9.17, 15) is 9.90 Å². The van der Waals surface area contributed by atoms with Crippen LogP contribution < -0.4 is 18.9 Å². The minimum Gasteiger partial charge on any atom is -0.502 e. The zero-order valence-electron chi connectivity index (χ0n) is 14.5. The Morgan fingerprint density at radius 2 is 1.40 bits per heavy atom. The number of hydrogen-bond donors (Lipinski definition) is 1. The minimum atomic E-state index is -0.409. The van der Waals surface area contributed by atoms with E-state index in [1.54, 1.807) is 6.08 Å². The normalized spacial score (nSPS) is 10.6. The highest BCUT2D eigenvalue weighted by Gasteiger charge is 2.30. The summed E-state index contributed by atoms with van der Waals surface area (Å²) in [6.45, 7) is 0. The first-order chi connectivity index (χ1) is 12.1. The van der Waals surface area contributed by atoms with Crippen LogP contribution in [0.4, 0.5) is 0 Å². The van der Waals surface area contributed by atoms with Gasteiger partial charge in [-0.05, 0) is 11.6 Å². The summed E-state index contributed by atoms with van der Waals surface area (Å²) < 4.78 is 20.9. The maximum atomic E-state index is 12.7. The van der Waals surface area contributed by atoms with Gasteiger partial charge in [-0.15, -0.1) is 0 Å². The molecule has 0 aromatic heterocycles. The molecule has 0 aliphatic rings. The summed E-state index contributed by atoms with van der Waals surface area (Å²) in [5, 5.41) is 10.4. The summed E-state index contributed by atoms with van der Waals surface area (Å²) in [6.07, 6.45) is 3.04. The molecule has 0 fully saturated rings. The lowest BCUT2D eigenvalue weighted by Crippen LogP contribution is -2.06. The molecule has 0 radical (unpaired) electrons. The summed E-state index contributed by atoms with van der Waals surface area (Å²) in [6, 6.07) is 9.35. The van der Waals surface area contributed by atoms with E-state index in [-0.39, 0.29) is 34.3 Å². The van der Waals surface area contributed by atoms with Crippen molar-refractivity contribution in [3.8, 4) is 28.7 Å². The van der Waals surface area contributed by atoms with Crippen LogP contribution in [0.2, 0.25) is 0 Å². The molecule has 2 aromatic rings. The fourth-order valence-corrected chi connectivity index (χ4v) is 2.46. The van der Waals surface area contributed by atoms with Gasteiger partial charge in [0.2, 0.25) is 17.2 Å². The third-order valence-corrected chi connectivity index (χ3v) is 3.59. The largest absolute Gasteiger partial charge is 0.502 e. The first-order valence-corrected chi connectivity index (χ1v) is 7.45. The van der Waals surface area contributed by atoms with E-state index >= 15 is 0 Å². The lowest BCUT2D eigenvalue weighted by Gasteiger charge is -2.19. The Hall–Kier alpha value is -3.15. The van der Waals surface area contributed by atoms with Gasteiger partial charge in [-0.2, -0.15) is 0 Å². The molecule has 2 rings (SSSR count). The molecule has 0 aliphatic carbocycles. The molecule has 0 amide bonds. The molecule has 1 N–H and O–H groups in total. The summed E-state index contributed by atoms with van der Waals surface area (Å²) >= 11 is 0. The van der Waals surface area contributed by atoms with Crippen LogP contribution in [0, 0.1) is 0 Å². The van der Waals surface area contributed by atoms with Gasteiger partial charge in [-0.1, -0.05) is 36.4 Å². The van der Waals surface area contributed by atoms with Gasteiger partial charge in [0.15, 0.2) is 17.3 Å². The number of phenols is 1. The highest BCUT2D eigenvalue weighted by Crippen LogP contribution is 2.52. The van der Waals surface area contributed by atoms with Gasteiger partial charge in [0.05, 0.1) is 28.4 Å². The van der Waals surface area contributed by atoms with Gasteiger partial charge in [-0.25, -0.2) is 0 Å². The van der Waals surface area contributed by atoms with Crippen LogP contribution in [0.25, 0.3) is 6.08 Å². The van der Waals surface area contributed by atoms with Gasteiger partial charge in [-0.3, -0.25) is 4.79 Å². The van der Waals surface area contributed by atoms with E-state index in [4.69, 9.17) is 18.9 Å². The van der Waals surface area contributed by atoms with Crippen LogP contribution >= 0.6 is 0 Å². The molecule has 0 saturated carbocycles. The van der Waals surface area contributed by atoms with Crippen molar-refractivity contribution in [2.75, 3.05) is 28.4 Å². The Labute approximate surface area is 146 Å². The average molecular weight is 344 g/mol. The molecular weight excluding hydrogens is 324 g/mol. The molecule has 2 aromatic carbocycles. The van der Waals surface area contributed by atoms with Crippen LogP contribution in [-0.4, -0.2) is 39.3 Å². The van der Waals surface area contributed by atoms with Crippen LogP contribution in [0.3, 0.4) is 0 Å². The number of rotatable bonds is 7. The van der Waals surface area contributed by atoms with E-state index in [1.807, 2.05) is 30.3 Å². The van der Waals surface area contributed by atoms with Gasteiger partial charge in [0.25, 0.3) is 0 Å². The highest BCUT2D eigenvalue weighted by atomic mass is 16.5. The quantitative estimate of drug-likeness (QED) is 0.613. The maximum absolute atomic E-state index is 12.7. The van der Waals surface area contributed by atoms with Gasteiger partial charge in [0, 0.05) is 0 Å². The summed E-state index contributed by atoms with van der Waals surface area (Å²) in [5.74, 6) is -0.526. The Kier molecular flexibility index (Phi) is 5.89. The number of allylic oxidation sites excluding steroid dienone is 1. The summed E-state index contributed by atoms with van der Waals surface area (Å²) in [7, 11) is 5.50. The van der Waals surface area contributed by atoms with Crippen molar-refractivity contribution in [1.82, 2.24) is 0 Å². The zero-order valence-corrected chi connectivity index (χ0v) is 14.5. The molecule has 0 saturated heterocycles. The van der Waals surface area contributed by atoms with Crippen molar-refractivity contribution in [1.29, 1.82) is 0 Å². The lowest BCUT2D eigenvalue weighted by molar-refractivity contribution is 0.104. The molecule has 6 heteroatoms. The second kappa shape index (κ2) is 8.10. The van der Waals surface area contributed by atoms with E-state index < -0.39 is 5.78 Å². The third-order valence-electron chi connectivity index (χ3n) is 3.59. The second-order valence-electron chi connectivity index (χ2n) is 4.96. The van der Waals surface area contributed by atoms with Crippen molar-refractivity contribution in [2.45, 2.75) is 0 Å². The van der Waals surface area contributed by atoms with Crippen LogP contribution in [0.15, 0.2) is 36.4 Å². The average Bonchev–Trinajstić information content (AvgIpc) is 2.65. The third kappa shape index (κ3) is 3.52. The SMILES string of the molecule is COc1c(O)c(OC)c(C(=O)/C=C/c2ccccc2)c(OC)c1OC. The fourth-order valence-electron chi connectivity index (χ4n) is 2.46. The molecule has 0 spiro atoms. The Balaban J connectivity index is 2.60. The number of benzene rings is 2. The first-order valence-electron chi connectivity index (χ1n) is 7.45. The first kappa shape index (κ1) is 18.2. The van der Waals surface area contributed by atoms with Crippen molar-refractivity contribution in [3.05, 3.63) is 47.5 Å². The molecule has 0 bridgehead atoms. The van der Waals surface area contributed by atoms with Gasteiger partial charge >= 0.3 is 0 Å². The van der Waals surface area contributed by atoms with Crippen LogP contribution in [0.1, 0.15) is 15.9 Å². The number of phenolic OH excluding ortho intramolecular Hbond substituents is 1. The molecular formula is C19H20O6. The zero-order chi connectivity index (χ0) is 18.4. The second-order valence-corrected chi connectivity index (χ2v) is 4.96. The van der Waals surface area contributed by atoms with E-state index in [2.05, 4.69) is 0 Å². The molecule has 25 heavy (non-hydrogen) atoms. The van der Waals surface area contributed by atoms with E-state index in [1.165, 1.54) is 34.5 Å². The molecule has 6 nitrogen and oxygen atoms in total. The summed E-state index contributed by atoms with van der Waals surface area (Å²) in [5.41, 5.74) is 0.908. The number of ketones is 1. The highest BCUT2D eigenvalue weighted by molar-refractivity contribution is 6.12. The Bertz CT molecular complexity index is 780. The van der Waals surface area contributed by atoms with Crippen LogP contribution in [0.5, 0.6) is 28.7 Å². The number of carbonyl (C=O) groups is 1. The molecule has 0 atom stereocenters. The standard InChI is InChI=1S/C19H20O6/c1-22-16-14(13(20)11-10-12-8-6-5-7-9-12)17(23-2)19(25-4)18(24-3)15(16)21/h5-11,21H,1-4H3/b11-10+. The number of aromatic hydroxyl groups is 1. The van der Waals surface area contributed by atoms with Crippen molar-refractivity contribution >= 4 is 11.9 Å². The number of hydrogen-bond acceptors (Lipinski definition) is 6. The van der Waals surface area contributed by atoms with Crippen molar-refractivity contribution < 1.29 is 28.8 Å². The lowest BCUT2D eigenvalue weighted by atomic mass is 10.0. The molecule has 0 aliphatic heterocycles. The number of ether oxygens (including phenoxy) is 4. The van der Waals surface area contributed by atoms with Gasteiger partial charge < -0.3 is 24.1 Å². The maximum Gasteiger partial charge on any atom is 0.211 e. The monoisotopic (exact) mass is 344 g/mol. The Morgan fingerprint density at radius 1 is 0.840 bits per heavy atom. The molecule has 132 valence electrons. The van der Waals surface area contributed by atoms with E-state index in [0.717, 1.165) is 5.56 Å². The molecule has 0 heterocycles. The van der Waals surface area contributed by atoms with Crippen molar-refractivity contribution in [2.24, 2.45) is 0 Å².